The second-order valence-electron chi connectivity index (χ2n) is 8.22. The maximum absolute atomic E-state index is 13.8. The summed E-state index contributed by atoms with van der Waals surface area (Å²) in [5, 5.41) is 7.73. The summed E-state index contributed by atoms with van der Waals surface area (Å²) in [6.07, 6.45) is 0.899. The Bertz CT molecular complexity index is 1410. The molecule has 35 heavy (non-hydrogen) atoms. The van der Waals surface area contributed by atoms with E-state index in [4.69, 9.17) is 16.1 Å². The van der Waals surface area contributed by atoms with Crippen LogP contribution in [0.25, 0.3) is 17.0 Å². The van der Waals surface area contributed by atoms with Crippen LogP contribution in [0.2, 0.25) is 5.02 Å². The molecule has 3 aromatic carbocycles. The quantitative estimate of drug-likeness (QED) is 0.335. The molecule has 0 spiro atoms. The minimum atomic E-state index is -0.549. The molecule has 0 fully saturated rings. The number of anilines is 1. The van der Waals surface area contributed by atoms with Gasteiger partial charge < -0.3 is 9.84 Å². The predicted octanol–water partition coefficient (Wildman–Crippen LogP) is 6.79. The van der Waals surface area contributed by atoms with Gasteiger partial charge in [-0.25, -0.2) is 9.18 Å². The van der Waals surface area contributed by atoms with E-state index in [1.54, 1.807) is 29.2 Å². The normalized spacial score (nSPS) is 15.9. The zero-order valence-corrected chi connectivity index (χ0v) is 19.9. The molecule has 176 valence electrons. The van der Waals surface area contributed by atoms with Crippen LogP contribution in [0.1, 0.15) is 36.9 Å². The summed E-state index contributed by atoms with van der Waals surface area (Å²) in [5.41, 5.74) is 4.48. The number of hydrogen-bond donors (Lipinski definition) is 1. The molecule has 1 aliphatic rings. The van der Waals surface area contributed by atoms with Crippen LogP contribution in [0.3, 0.4) is 0 Å². The van der Waals surface area contributed by atoms with E-state index >= 15 is 0 Å². The van der Waals surface area contributed by atoms with Gasteiger partial charge in [0.1, 0.15) is 5.82 Å². The zero-order valence-electron chi connectivity index (χ0n) is 19.1. The summed E-state index contributed by atoms with van der Waals surface area (Å²) in [6.45, 7) is 3.92. The summed E-state index contributed by atoms with van der Waals surface area (Å²) >= 11 is 6.09. The number of nitrogens with one attached hydrogen (secondary N) is 1. The fraction of sp³-hybridized carbons (Fsp3) is 0.148. The average Bonchev–Trinajstić information content (AvgIpc) is 3.34. The molecule has 0 aliphatic carbocycles. The third kappa shape index (κ3) is 4.42. The van der Waals surface area contributed by atoms with Crippen molar-refractivity contribution in [2.75, 3.05) is 4.90 Å². The van der Waals surface area contributed by atoms with Gasteiger partial charge in [-0.15, -0.1) is 0 Å². The summed E-state index contributed by atoms with van der Waals surface area (Å²) < 4.78 is 19.4. The van der Waals surface area contributed by atoms with E-state index in [0.29, 0.717) is 27.5 Å². The van der Waals surface area contributed by atoms with E-state index < -0.39 is 11.9 Å². The van der Waals surface area contributed by atoms with E-state index in [1.165, 1.54) is 17.7 Å². The van der Waals surface area contributed by atoms with Crippen LogP contribution in [-0.2, 0) is 6.42 Å². The molecule has 2 heterocycles. The number of benzene rings is 3. The van der Waals surface area contributed by atoms with Crippen LogP contribution < -0.4 is 10.2 Å². The van der Waals surface area contributed by atoms with Crippen molar-refractivity contribution in [3.8, 4) is 11.4 Å². The third-order valence-electron chi connectivity index (χ3n) is 6.03. The zero-order chi connectivity index (χ0) is 24.5. The van der Waals surface area contributed by atoms with Gasteiger partial charge in [-0.2, -0.15) is 4.98 Å². The Balaban J connectivity index is 1.64. The van der Waals surface area contributed by atoms with Crippen molar-refractivity contribution in [1.82, 2.24) is 15.5 Å². The van der Waals surface area contributed by atoms with E-state index in [1.807, 2.05) is 43.3 Å². The maximum Gasteiger partial charge on any atom is 0.326 e. The van der Waals surface area contributed by atoms with Gasteiger partial charge in [0.05, 0.1) is 17.3 Å². The van der Waals surface area contributed by atoms with Gasteiger partial charge in [-0.05, 0) is 60.9 Å². The number of amides is 2. The van der Waals surface area contributed by atoms with Crippen LogP contribution in [0.15, 0.2) is 83.0 Å². The standard InChI is InChI=1S/C27H22ClFN4O2/c1-3-17-7-13-22(14-8-17)33-16(2)23(24(30-27(33)34)18-9-11-20(28)12-10-18)26-31-25(32-35-26)19-5-4-6-21(29)15-19/h4-15,24H,3H2,1-2H3,(H,30,34). The van der Waals surface area contributed by atoms with Crippen molar-refractivity contribution in [2.45, 2.75) is 26.3 Å². The fourth-order valence-electron chi connectivity index (χ4n) is 4.19. The van der Waals surface area contributed by atoms with Gasteiger partial charge in [-0.1, -0.05) is 60.1 Å². The lowest BCUT2D eigenvalue weighted by Gasteiger charge is -2.35. The van der Waals surface area contributed by atoms with Crippen molar-refractivity contribution in [1.29, 1.82) is 0 Å². The number of carbonyl (C=O) groups is 1. The van der Waals surface area contributed by atoms with Gasteiger partial charge in [0.25, 0.3) is 5.89 Å². The molecule has 1 unspecified atom stereocenters. The first-order chi connectivity index (χ1) is 16.9. The van der Waals surface area contributed by atoms with Crippen LogP contribution in [-0.4, -0.2) is 16.2 Å². The number of rotatable bonds is 5. The van der Waals surface area contributed by atoms with E-state index in [9.17, 15) is 9.18 Å². The molecule has 8 heteroatoms. The molecule has 0 saturated heterocycles. The van der Waals surface area contributed by atoms with Crippen LogP contribution in [0.4, 0.5) is 14.9 Å². The number of carbonyl (C=O) groups excluding carboxylic acids is 1. The molecule has 0 radical (unpaired) electrons. The number of allylic oxidation sites excluding steroid dienone is 1. The van der Waals surface area contributed by atoms with E-state index in [-0.39, 0.29) is 17.7 Å². The Morgan fingerprint density at radius 1 is 1.09 bits per heavy atom. The summed E-state index contributed by atoms with van der Waals surface area (Å²) in [7, 11) is 0. The molecule has 0 bridgehead atoms. The van der Waals surface area contributed by atoms with Crippen molar-refractivity contribution in [3.63, 3.8) is 0 Å². The lowest BCUT2D eigenvalue weighted by atomic mass is 9.94. The molecule has 2 amide bonds. The molecular weight excluding hydrogens is 467 g/mol. The van der Waals surface area contributed by atoms with Gasteiger partial charge in [0.2, 0.25) is 5.82 Å². The van der Waals surface area contributed by atoms with E-state index in [0.717, 1.165) is 12.0 Å². The molecule has 5 rings (SSSR count). The highest BCUT2D eigenvalue weighted by molar-refractivity contribution is 6.30. The Morgan fingerprint density at radius 2 is 1.83 bits per heavy atom. The van der Waals surface area contributed by atoms with Gasteiger partial charge in [0, 0.05) is 16.3 Å². The first kappa shape index (κ1) is 22.8. The second kappa shape index (κ2) is 9.35. The summed E-state index contributed by atoms with van der Waals surface area (Å²) in [6, 6.07) is 20.2. The summed E-state index contributed by atoms with van der Waals surface area (Å²) in [5.74, 6) is 0.0946. The first-order valence-electron chi connectivity index (χ1n) is 11.2. The first-order valence-corrected chi connectivity index (χ1v) is 11.6. The largest absolute Gasteiger partial charge is 0.334 e. The number of urea groups is 1. The average molecular weight is 489 g/mol. The summed E-state index contributed by atoms with van der Waals surface area (Å²) in [4.78, 5) is 19.5. The molecule has 1 atom stereocenters. The molecule has 1 aliphatic heterocycles. The SMILES string of the molecule is CCc1ccc(N2C(=O)NC(c3ccc(Cl)cc3)C(c3nc(-c4cccc(F)c4)no3)=C2C)cc1. The molecule has 0 saturated carbocycles. The lowest BCUT2D eigenvalue weighted by molar-refractivity contribution is 0.244. The van der Waals surface area contributed by atoms with Crippen molar-refractivity contribution in [2.24, 2.45) is 0 Å². The second-order valence-corrected chi connectivity index (χ2v) is 8.66. The molecular formula is C27H22ClFN4O2. The van der Waals surface area contributed by atoms with Crippen LogP contribution in [0.5, 0.6) is 0 Å². The highest BCUT2D eigenvalue weighted by Gasteiger charge is 2.36. The van der Waals surface area contributed by atoms with Crippen LogP contribution >= 0.6 is 11.6 Å². The lowest BCUT2D eigenvalue weighted by Crippen LogP contribution is -2.46. The number of halogens is 2. The van der Waals surface area contributed by atoms with E-state index in [2.05, 4.69) is 22.4 Å². The fourth-order valence-corrected chi connectivity index (χ4v) is 4.32. The molecule has 6 nitrogen and oxygen atoms in total. The number of hydrogen-bond acceptors (Lipinski definition) is 4. The molecule has 1 N–H and O–H groups in total. The van der Waals surface area contributed by atoms with Crippen LogP contribution in [0, 0.1) is 5.82 Å². The minimum Gasteiger partial charge on any atom is -0.334 e. The number of aryl methyl sites for hydroxylation is 1. The smallest absolute Gasteiger partial charge is 0.326 e. The number of aromatic nitrogens is 2. The predicted molar refractivity (Wildman–Crippen MR) is 133 cm³/mol. The highest BCUT2D eigenvalue weighted by atomic mass is 35.5. The van der Waals surface area contributed by atoms with Gasteiger partial charge >= 0.3 is 6.03 Å². The topological polar surface area (TPSA) is 71.3 Å². The van der Waals surface area contributed by atoms with Gasteiger partial charge in [0.15, 0.2) is 0 Å². The number of nitrogens with zero attached hydrogens (tertiary/aromatic N) is 3. The van der Waals surface area contributed by atoms with Crippen molar-refractivity contribution in [3.05, 3.63) is 106 Å². The van der Waals surface area contributed by atoms with Gasteiger partial charge in [-0.3, -0.25) is 4.90 Å². The Hall–Kier alpha value is -3.97. The maximum atomic E-state index is 13.8. The third-order valence-corrected chi connectivity index (χ3v) is 6.28. The minimum absolute atomic E-state index is 0.233. The Morgan fingerprint density at radius 3 is 2.51 bits per heavy atom. The van der Waals surface area contributed by atoms with Crippen molar-refractivity contribution >= 4 is 28.9 Å². The Kier molecular flexibility index (Phi) is 6.09. The monoisotopic (exact) mass is 488 g/mol. The molecule has 4 aromatic rings. The van der Waals surface area contributed by atoms with Crippen molar-refractivity contribution < 1.29 is 13.7 Å². The molecule has 1 aromatic heterocycles. The Labute approximate surface area is 207 Å². The highest BCUT2D eigenvalue weighted by Crippen LogP contribution is 2.39.